The zero-order valence-corrected chi connectivity index (χ0v) is 85.3. The quantitative estimate of drug-likeness (QED) is 0.0281. The van der Waals surface area contributed by atoms with Crippen LogP contribution in [0.2, 0.25) is 0 Å². The van der Waals surface area contributed by atoms with E-state index in [9.17, 15) is 0 Å². The van der Waals surface area contributed by atoms with Crippen LogP contribution in [0.15, 0.2) is 293 Å². The van der Waals surface area contributed by atoms with Gasteiger partial charge in [0.2, 0.25) is 0 Å². The van der Waals surface area contributed by atoms with Crippen molar-refractivity contribution in [3.05, 3.63) is 295 Å². The number of hydrogen-bond acceptors (Lipinski definition) is 16. The predicted molar refractivity (Wildman–Crippen MR) is 606 cm³/mol. The SMILES string of the molecule is CCCCCCCCC#Cc1ccc2cc3c(cc2c1)oc1cc2c(cc13)oc1cc3cc(C#CCCCCCCCC)ccc3cc12.CCc1ccc(-c2ccc3cc4oc5cc6c(cc5c4cc3c2)oc2cc3ccc(-c4ccc(CC)cc4)cc3cc26)cc1.COCCOCCOCCOCCOc1ccc2cc3oc4cc5c(cc4c3cc2c1)oc1cc2ccc(COCCOCCOCCOCCO)cc2cc15. The van der Waals surface area contributed by atoms with Gasteiger partial charge in [0.25, 0.3) is 0 Å². The highest BCUT2D eigenvalue weighted by molar-refractivity contribution is 6.22. The molecule has 23 aromatic rings. The summed E-state index contributed by atoms with van der Waals surface area (Å²) in [6.07, 6.45) is 19.6. The summed E-state index contributed by atoms with van der Waals surface area (Å²) in [7, 11) is 1.65. The van der Waals surface area contributed by atoms with Crippen LogP contribution in [-0.4, -0.2) is 118 Å². The standard InChI is InChI=1S/C46H46O2.C44H50O12.C42H30O2/c1-3-5-7-9-11-13-15-17-19-33-21-23-35-27-39-41-31-46-42(32-45(41)47-43(39)29-37(35)25-33)40-28-36-24-22-34(26-38(36)30-44(40)48-46)20-18-16-14-12-10-8-6-4-2;1-46-8-9-48-12-13-50-16-17-52-20-21-54-36-5-4-33-27-42-38(25-35(33)23-36)40-29-43-39(28-44(40)56-42)37-24-34-22-31(2-3-32(34)26-41(37)55-43)30-53-19-18-51-15-14-49-11-10-47-7-6-45;1-3-25-5-9-27(10-6-25)29-13-15-31-21-39-35(19-33(31)17-29)37-23-42-38(24-41(37)43-39)36-20-34-18-30(14-16-32(34)22-40(36)44-42)28-11-7-26(4-2)8-12-28/h21-32H,3-16H2,1-2H3;2-5,22-29,45H,6-21,30H2,1H3;5-24H,3-4H2,1-2H3. The van der Waals surface area contributed by atoms with Gasteiger partial charge < -0.3 is 74.2 Å². The van der Waals surface area contributed by atoms with Crippen molar-refractivity contribution < 1.29 is 74.2 Å². The third-order valence-corrected chi connectivity index (χ3v) is 28.4. The van der Waals surface area contributed by atoms with Crippen molar-refractivity contribution in [1.29, 1.82) is 0 Å². The van der Waals surface area contributed by atoms with Crippen LogP contribution in [0.25, 0.3) is 219 Å². The fourth-order valence-corrected chi connectivity index (χ4v) is 20.3. The number of aliphatic hydroxyl groups is 1. The van der Waals surface area contributed by atoms with Gasteiger partial charge in [0.15, 0.2) is 0 Å². The lowest BCUT2D eigenvalue weighted by Crippen LogP contribution is -2.13. The number of furan rings is 6. The third kappa shape index (κ3) is 23.1. The molecule has 23 rings (SSSR count). The molecule has 0 fully saturated rings. The Labute approximate surface area is 861 Å². The maximum absolute atomic E-state index is 8.70. The first-order valence-corrected chi connectivity index (χ1v) is 53.1. The van der Waals surface area contributed by atoms with Crippen LogP contribution in [0.4, 0.5) is 0 Å². The monoisotopic (exact) mass is 1970 g/mol. The highest BCUT2D eigenvalue weighted by atomic mass is 16.6. The summed E-state index contributed by atoms with van der Waals surface area (Å²) in [6, 6.07) is 95.5. The molecule has 148 heavy (non-hydrogen) atoms. The normalized spacial score (nSPS) is 11.9. The van der Waals surface area contributed by atoms with E-state index < -0.39 is 0 Å². The van der Waals surface area contributed by atoms with Gasteiger partial charge in [-0.05, 0) is 293 Å². The molecule has 750 valence electrons. The van der Waals surface area contributed by atoms with Gasteiger partial charge in [-0.2, -0.15) is 0 Å². The molecule has 0 unspecified atom stereocenters. The second-order valence-corrected chi connectivity index (χ2v) is 38.7. The van der Waals surface area contributed by atoms with E-state index in [0.717, 1.165) is 212 Å². The molecule has 16 heteroatoms. The molecule has 0 atom stereocenters. The van der Waals surface area contributed by atoms with Crippen molar-refractivity contribution in [2.75, 3.05) is 113 Å². The van der Waals surface area contributed by atoms with E-state index in [-0.39, 0.29) is 6.61 Å². The van der Waals surface area contributed by atoms with E-state index in [1.54, 1.807) is 7.11 Å². The van der Waals surface area contributed by atoms with Gasteiger partial charge in [0.05, 0.1) is 106 Å². The predicted octanol–water partition coefficient (Wildman–Crippen LogP) is 33.7. The van der Waals surface area contributed by atoms with Crippen molar-refractivity contribution >= 4 is 196 Å². The van der Waals surface area contributed by atoms with Crippen molar-refractivity contribution in [1.82, 2.24) is 0 Å². The highest BCUT2D eigenvalue weighted by Crippen LogP contribution is 2.46. The first kappa shape index (κ1) is 99.6. The molecule has 0 spiro atoms. The Bertz CT molecular complexity index is 8290. The summed E-state index contributed by atoms with van der Waals surface area (Å²) >= 11 is 0. The number of hydrogen-bond donors (Lipinski definition) is 1. The minimum atomic E-state index is 0.0181. The highest BCUT2D eigenvalue weighted by Gasteiger charge is 2.22. The number of rotatable bonds is 42. The van der Waals surface area contributed by atoms with Gasteiger partial charge in [-0.25, -0.2) is 0 Å². The van der Waals surface area contributed by atoms with E-state index in [4.69, 9.17) is 74.2 Å². The summed E-state index contributed by atoms with van der Waals surface area (Å²) in [5.74, 6) is 14.3. The van der Waals surface area contributed by atoms with E-state index in [1.807, 2.05) is 6.07 Å². The second-order valence-electron chi connectivity index (χ2n) is 38.7. The molecule has 0 saturated heterocycles. The third-order valence-electron chi connectivity index (χ3n) is 28.4. The molecule has 16 nitrogen and oxygen atoms in total. The minimum Gasteiger partial charge on any atom is -0.491 e. The summed E-state index contributed by atoms with van der Waals surface area (Å²) in [5, 5.41) is 35.3. The molecule has 0 bridgehead atoms. The minimum absolute atomic E-state index is 0.0181. The van der Waals surface area contributed by atoms with Crippen LogP contribution in [0.1, 0.15) is 145 Å². The van der Waals surface area contributed by atoms with E-state index in [0.29, 0.717) is 106 Å². The zero-order valence-electron chi connectivity index (χ0n) is 85.3. The summed E-state index contributed by atoms with van der Waals surface area (Å²) < 4.78 is 88.3. The van der Waals surface area contributed by atoms with Crippen LogP contribution >= 0.6 is 0 Å². The lowest BCUT2D eigenvalue weighted by molar-refractivity contribution is -0.00742. The second kappa shape index (κ2) is 47.7. The molecule has 0 aliphatic heterocycles. The maximum atomic E-state index is 8.70. The lowest BCUT2D eigenvalue weighted by atomic mass is 9.98. The number of methoxy groups -OCH3 is 1. The molecular formula is C132H126O16. The molecule has 6 heterocycles. The van der Waals surface area contributed by atoms with Crippen LogP contribution in [0.5, 0.6) is 5.75 Å². The van der Waals surface area contributed by atoms with Crippen LogP contribution in [0.3, 0.4) is 0 Å². The first-order valence-electron chi connectivity index (χ1n) is 53.1. The fourth-order valence-electron chi connectivity index (χ4n) is 20.3. The summed E-state index contributed by atoms with van der Waals surface area (Å²) in [5.41, 5.74) is 21.2. The van der Waals surface area contributed by atoms with Gasteiger partial charge in [-0.15, -0.1) is 0 Å². The average Bonchev–Trinajstić information content (AvgIpc) is 1.58. The van der Waals surface area contributed by atoms with Crippen molar-refractivity contribution in [2.24, 2.45) is 0 Å². The van der Waals surface area contributed by atoms with Gasteiger partial charge in [-0.3, -0.25) is 0 Å². The zero-order chi connectivity index (χ0) is 100. The number of aryl methyl sites for hydroxylation is 2. The number of unbranched alkanes of at least 4 members (excludes halogenated alkanes) is 12. The Morgan fingerprint density at radius 3 is 0.878 bits per heavy atom. The first-order chi connectivity index (χ1) is 73.0. The maximum Gasteiger partial charge on any atom is 0.136 e. The lowest BCUT2D eigenvalue weighted by Gasteiger charge is -2.09. The van der Waals surface area contributed by atoms with Crippen LogP contribution in [-0.2, 0) is 57.3 Å². The van der Waals surface area contributed by atoms with E-state index in [1.165, 1.54) is 143 Å². The molecule has 6 aromatic heterocycles. The van der Waals surface area contributed by atoms with Gasteiger partial charge in [0, 0.05) is 95.7 Å². The van der Waals surface area contributed by atoms with Gasteiger partial charge in [-0.1, -0.05) is 219 Å². The Morgan fingerprint density at radius 2 is 0.500 bits per heavy atom. The van der Waals surface area contributed by atoms with Gasteiger partial charge >= 0.3 is 0 Å². The smallest absolute Gasteiger partial charge is 0.136 e. The van der Waals surface area contributed by atoms with Crippen molar-refractivity contribution in [3.8, 4) is 51.7 Å². The molecule has 0 radical (unpaired) electrons. The molecule has 0 aliphatic rings. The van der Waals surface area contributed by atoms with E-state index in [2.05, 4.69) is 312 Å². The number of aliphatic hydroxyl groups excluding tert-OH is 1. The molecule has 17 aromatic carbocycles. The Morgan fingerprint density at radius 1 is 0.223 bits per heavy atom. The van der Waals surface area contributed by atoms with E-state index >= 15 is 0 Å². The summed E-state index contributed by atoms with van der Waals surface area (Å²) in [6.45, 7) is 16.8. The molecule has 0 saturated carbocycles. The number of benzene rings is 17. The molecule has 1 N–H and O–H groups in total. The Hall–Kier alpha value is -14.3. The molecular weight excluding hydrogens is 1840 g/mol. The van der Waals surface area contributed by atoms with Crippen LogP contribution < -0.4 is 4.74 Å². The van der Waals surface area contributed by atoms with Crippen molar-refractivity contribution in [2.45, 2.75) is 137 Å². The molecule has 0 amide bonds. The fraction of sp³-hybridized carbons (Fsp3) is 0.288. The Kier molecular flexibility index (Phi) is 32.1. The summed E-state index contributed by atoms with van der Waals surface area (Å²) in [4.78, 5) is 0. The topological polar surface area (TPSA) is 182 Å². The van der Waals surface area contributed by atoms with Gasteiger partial charge in [0.1, 0.15) is 79.4 Å². The van der Waals surface area contributed by atoms with Crippen LogP contribution in [0, 0.1) is 23.7 Å². The van der Waals surface area contributed by atoms with Crippen molar-refractivity contribution in [3.63, 3.8) is 0 Å². The number of ether oxygens (including phenoxy) is 9. The number of fused-ring (bicyclic) bond motifs is 24. The molecule has 0 aliphatic carbocycles. The Balaban J connectivity index is 0.000000131. The largest absolute Gasteiger partial charge is 0.491 e. The average molecular weight is 1970 g/mol.